The second kappa shape index (κ2) is 5.60. The van der Waals surface area contributed by atoms with Crippen molar-refractivity contribution in [3.05, 3.63) is 89.7 Å². The number of H-pyrrole nitrogens is 1. The minimum absolute atomic E-state index is 0.238. The summed E-state index contributed by atoms with van der Waals surface area (Å²) in [7, 11) is 0. The van der Waals surface area contributed by atoms with E-state index in [2.05, 4.69) is 60.5 Å². The number of benzene rings is 2. The van der Waals surface area contributed by atoms with E-state index in [1.165, 1.54) is 16.7 Å². The highest BCUT2D eigenvalue weighted by Crippen LogP contribution is 2.42. The van der Waals surface area contributed by atoms with Gasteiger partial charge in [0.05, 0.1) is 11.4 Å². The molecule has 3 nitrogen and oxygen atoms in total. The highest BCUT2D eigenvalue weighted by Gasteiger charge is 2.25. The van der Waals surface area contributed by atoms with E-state index in [9.17, 15) is 5.11 Å². The van der Waals surface area contributed by atoms with Crippen molar-refractivity contribution in [3.8, 4) is 28.4 Å². The maximum atomic E-state index is 9.82. The van der Waals surface area contributed by atoms with Crippen molar-refractivity contribution in [3.63, 3.8) is 0 Å². The molecule has 0 spiro atoms. The molecule has 2 aromatic carbocycles. The predicted molar refractivity (Wildman–Crippen MR) is 105 cm³/mol. The summed E-state index contributed by atoms with van der Waals surface area (Å²) in [6.07, 6.45) is 8.90. The summed E-state index contributed by atoms with van der Waals surface area (Å²) in [6.45, 7) is 2.11. The zero-order chi connectivity index (χ0) is 17.7. The molecule has 0 amide bonds. The largest absolute Gasteiger partial charge is 0.508 e. The van der Waals surface area contributed by atoms with Gasteiger partial charge in [-0.1, -0.05) is 66.3 Å². The standard InChI is InChI=1S/C23H18N2O/c1-14-9-10-15-12-17(11-14)21-22(20-8-3-2-7-19(15)20)25-23(24-21)16-5-4-6-18(26)13-16/h2-13,15,26H,1H3,(H,24,25). The van der Waals surface area contributed by atoms with Crippen LogP contribution in [0.25, 0.3) is 28.2 Å². The monoisotopic (exact) mass is 338 g/mol. The van der Waals surface area contributed by atoms with Crippen molar-refractivity contribution < 1.29 is 5.11 Å². The molecule has 5 rings (SSSR count). The molecule has 126 valence electrons. The molecule has 0 aliphatic heterocycles. The van der Waals surface area contributed by atoms with Crippen LogP contribution >= 0.6 is 0 Å². The van der Waals surface area contributed by atoms with Crippen LogP contribution in [-0.4, -0.2) is 15.1 Å². The smallest absolute Gasteiger partial charge is 0.138 e. The number of fused-ring (bicyclic) bond motifs is 6. The molecule has 0 fully saturated rings. The Bertz CT molecular complexity index is 1110. The quantitative estimate of drug-likeness (QED) is 0.620. The van der Waals surface area contributed by atoms with Gasteiger partial charge in [0.25, 0.3) is 0 Å². The van der Waals surface area contributed by atoms with Crippen molar-refractivity contribution >= 4 is 5.57 Å². The van der Waals surface area contributed by atoms with E-state index in [1.807, 2.05) is 12.1 Å². The van der Waals surface area contributed by atoms with Crippen molar-refractivity contribution in [2.24, 2.45) is 0 Å². The van der Waals surface area contributed by atoms with Gasteiger partial charge in [-0.15, -0.1) is 0 Å². The molecular weight excluding hydrogens is 320 g/mol. The predicted octanol–water partition coefficient (Wildman–Crippen LogP) is 5.45. The number of aromatic hydroxyl groups is 1. The van der Waals surface area contributed by atoms with E-state index in [0.29, 0.717) is 0 Å². The van der Waals surface area contributed by atoms with Crippen LogP contribution in [0.5, 0.6) is 5.75 Å². The number of aromatic nitrogens is 2. The van der Waals surface area contributed by atoms with Crippen LogP contribution in [0.3, 0.4) is 0 Å². The van der Waals surface area contributed by atoms with Gasteiger partial charge in [0, 0.05) is 17.0 Å². The number of hydrogen-bond acceptors (Lipinski definition) is 2. The number of nitrogens with zero attached hydrogens (tertiary/aromatic N) is 1. The first-order chi connectivity index (χ1) is 12.7. The first-order valence-corrected chi connectivity index (χ1v) is 8.76. The van der Waals surface area contributed by atoms with Gasteiger partial charge in [0.2, 0.25) is 0 Å². The second-order valence-corrected chi connectivity index (χ2v) is 6.84. The van der Waals surface area contributed by atoms with E-state index in [0.717, 1.165) is 28.3 Å². The number of allylic oxidation sites excluding steroid dienone is 6. The normalized spacial score (nSPS) is 17.5. The summed E-state index contributed by atoms with van der Waals surface area (Å²) >= 11 is 0. The van der Waals surface area contributed by atoms with Crippen LogP contribution in [0.15, 0.2) is 78.4 Å². The lowest BCUT2D eigenvalue weighted by molar-refractivity contribution is 0.475. The molecule has 2 aliphatic carbocycles. The molecule has 2 bridgehead atoms. The van der Waals surface area contributed by atoms with Gasteiger partial charge in [0.1, 0.15) is 11.6 Å². The molecule has 1 heterocycles. The Balaban J connectivity index is 1.78. The Morgan fingerprint density at radius 1 is 1.08 bits per heavy atom. The fourth-order valence-corrected chi connectivity index (χ4v) is 3.77. The van der Waals surface area contributed by atoms with Crippen LogP contribution in [0.1, 0.15) is 24.1 Å². The first kappa shape index (κ1) is 15.0. The highest BCUT2D eigenvalue weighted by atomic mass is 16.3. The van der Waals surface area contributed by atoms with E-state index >= 15 is 0 Å². The number of phenols is 1. The summed E-state index contributed by atoms with van der Waals surface area (Å²) in [5.74, 6) is 1.24. The molecule has 3 aromatic rings. The molecule has 0 saturated heterocycles. The molecule has 2 N–H and O–H groups in total. The number of hydrogen-bond donors (Lipinski definition) is 2. The Hall–Kier alpha value is -3.33. The summed E-state index contributed by atoms with van der Waals surface area (Å²) in [5, 5.41) is 9.82. The molecule has 1 aromatic heterocycles. The molecule has 0 radical (unpaired) electrons. The maximum Gasteiger partial charge on any atom is 0.138 e. The van der Waals surface area contributed by atoms with Gasteiger partial charge in [-0.25, -0.2) is 4.98 Å². The van der Waals surface area contributed by atoms with E-state index in [-0.39, 0.29) is 11.7 Å². The van der Waals surface area contributed by atoms with Crippen molar-refractivity contribution in [2.75, 3.05) is 0 Å². The Kier molecular flexibility index (Phi) is 3.22. The van der Waals surface area contributed by atoms with E-state index in [4.69, 9.17) is 4.98 Å². The van der Waals surface area contributed by atoms with Crippen LogP contribution in [0.4, 0.5) is 0 Å². The molecule has 26 heavy (non-hydrogen) atoms. The average molecular weight is 338 g/mol. The fourth-order valence-electron chi connectivity index (χ4n) is 3.77. The molecular formula is C23H18N2O. The Labute approximate surface area is 152 Å². The number of aromatic amines is 1. The second-order valence-electron chi connectivity index (χ2n) is 6.84. The van der Waals surface area contributed by atoms with Crippen LogP contribution < -0.4 is 0 Å². The van der Waals surface area contributed by atoms with E-state index < -0.39 is 0 Å². The third-order valence-electron chi connectivity index (χ3n) is 4.99. The number of imidazole rings is 1. The lowest BCUT2D eigenvalue weighted by Gasteiger charge is -2.11. The summed E-state index contributed by atoms with van der Waals surface area (Å²) in [5.41, 5.74) is 7.66. The van der Waals surface area contributed by atoms with Crippen molar-refractivity contribution in [1.82, 2.24) is 9.97 Å². The van der Waals surface area contributed by atoms with Crippen LogP contribution in [0, 0.1) is 0 Å². The van der Waals surface area contributed by atoms with Gasteiger partial charge >= 0.3 is 0 Å². The van der Waals surface area contributed by atoms with E-state index in [1.54, 1.807) is 12.1 Å². The molecule has 1 atom stereocenters. The Morgan fingerprint density at radius 2 is 1.96 bits per heavy atom. The van der Waals surface area contributed by atoms with Crippen LogP contribution in [-0.2, 0) is 0 Å². The van der Waals surface area contributed by atoms with Gasteiger partial charge < -0.3 is 10.1 Å². The van der Waals surface area contributed by atoms with Crippen LogP contribution in [0.2, 0.25) is 0 Å². The minimum atomic E-state index is 0.238. The number of rotatable bonds is 1. The highest BCUT2D eigenvalue weighted by molar-refractivity contribution is 5.88. The summed E-state index contributed by atoms with van der Waals surface area (Å²) in [4.78, 5) is 8.42. The van der Waals surface area contributed by atoms with Crippen molar-refractivity contribution in [2.45, 2.75) is 12.8 Å². The van der Waals surface area contributed by atoms with Gasteiger partial charge in [-0.2, -0.15) is 0 Å². The number of phenolic OH excluding ortho intramolecular Hbond substituents is 1. The lowest BCUT2D eigenvalue weighted by atomic mass is 9.93. The SMILES string of the molecule is CC1=CC2=CC(C=C1)c1ccccc1-c1[nH]c(-c3cccc(O)c3)nc12. The summed E-state index contributed by atoms with van der Waals surface area (Å²) < 4.78 is 0. The zero-order valence-corrected chi connectivity index (χ0v) is 14.4. The van der Waals surface area contributed by atoms with Gasteiger partial charge in [-0.3, -0.25) is 0 Å². The topological polar surface area (TPSA) is 48.9 Å². The molecule has 1 unspecified atom stereocenters. The zero-order valence-electron chi connectivity index (χ0n) is 14.4. The molecule has 3 heteroatoms. The molecule has 0 saturated carbocycles. The minimum Gasteiger partial charge on any atom is -0.508 e. The average Bonchev–Trinajstić information content (AvgIpc) is 2.95. The van der Waals surface area contributed by atoms with Gasteiger partial charge in [-0.05, 0) is 30.2 Å². The fraction of sp³-hybridized carbons (Fsp3) is 0.0870. The third-order valence-corrected chi connectivity index (χ3v) is 4.99. The molecule has 2 aliphatic rings. The lowest BCUT2D eigenvalue weighted by Crippen LogP contribution is -1.94. The summed E-state index contributed by atoms with van der Waals surface area (Å²) in [6, 6.07) is 15.7. The third kappa shape index (κ3) is 2.32. The number of nitrogens with one attached hydrogen (secondary N) is 1. The van der Waals surface area contributed by atoms with Gasteiger partial charge in [0.15, 0.2) is 0 Å². The maximum absolute atomic E-state index is 9.82. The van der Waals surface area contributed by atoms with Crippen molar-refractivity contribution in [1.29, 1.82) is 0 Å². The Morgan fingerprint density at radius 3 is 2.85 bits per heavy atom. The first-order valence-electron chi connectivity index (χ1n) is 8.76.